The minimum atomic E-state index is -4.59. The number of nitrogens with one attached hydrogen (secondary N) is 1. The Morgan fingerprint density at radius 3 is 2.65 bits per heavy atom. The van der Waals surface area contributed by atoms with Crippen LogP contribution in [0.4, 0.5) is 23.7 Å². The van der Waals surface area contributed by atoms with Gasteiger partial charge in [-0.3, -0.25) is 14.9 Å². The van der Waals surface area contributed by atoms with Crippen molar-refractivity contribution in [3.63, 3.8) is 0 Å². The van der Waals surface area contributed by atoms with E-state index in [0.717, 1.165) is 25.0 Å². The Balaban J connectivity index is 2.12. The molecule has 1 atom stereocenters. The van der Waals surface area contributed by atoms with Crippen molar-refractivity contribution in [2.24, 2.45) is 5.73 Å². The maximum Gasteiger partial charge on any atom is 0.416 e. The summed E-state index contributed by atoms with van der Waals surface area (Å²) in [5.41, 5.74) is 5.57. The van der Waals surface area contributed by atoms with Gasteiger partial charge in [0.2, 0.25) is 0 Å². The molecule has 2 aliphatic heterocycles. The average molecular weight is 406 g/mol. The van der Waals surface area contributed by atoms with E-state index in [1.807, 2.05) is 4.90 Å². The molecule has 0 radical (unpaired) electrons. The van der Waals surface area contributed by atoms with Crippen LogP contribution in [0.15, 0.2) is 17.0 Å². The summed E-state index contributed by atoms with van der Waals surface area (Å²) in [5.74, 6) is -0.644. The van der Waals surface area contributed by atoms with Crippen molar-refractivity contribution in [2.75, 3.05) is 18.0 Å². The lowest BCUT2D eigenvalue weighted by Gasteiger charge is -2.34. The minimum absolute atomic E-state index is 0.0212. The number of imide groups is 1. The van der Waals surface area contributed by atoms with Gasteiger partial charge in [0.05, 0.1) is 21.2 Å². The highest BCUT2D eigenvalue weighted by molar-refractivity contribution is 8.18. The van der Waals surface area contributed by atoms with E-state index in [2.05, 4.69) is 5.32 Å². The van der Waals surface area contributed by atoms with Gasteiger partial charge in [-0.2, -0.15) is 13.2 Å². The van der Waals surface area contributed by atoms with E-state index in [-0.39, 0.29) is 21.5 Å². The third-order valence-electron chi connectivity index (χ3n) is 4.12. The molecule has 0 saturated carbocycles. The molecule has 1 unspecified atom stereocenters. The largest absolute Gasteiger partial charge is 0.416 e. The van der Waals surface area contributed by atoms with Gasteiger partial charge in [0.25, 0.3) is 11.1 Å². The summed E-state index contributed by atoms with van der Waals surface area (Å²) in [6.45, 7) is 1.03. The van der Waals surface area contributed by atoms with Crippen molar-refractivity contribution >= 4 is 46.3 Å². The molecule has 2 saturated heterocycles. The monoisotopic (exact) mass is 405 g/mol. The number of alkyl halides is 3. The molecule has 1 aromatic rings. The summed E-state index contributed by atoms with van der Waals surface area (Å²) in [4.78, 5) is 25.0. The van der Waals surface area contributed by atoms with E-state index < -0.39 is 22.9 Å². The number of nitrogens with zero attached hydrogens (tertiary/aromatic N) is 1. The van der Waals surface area contributed by atoms with E-state index in [4.69, 9.17) is 17.3 Å². The molecule has 2 heterocycles. The van der Waals surface area contributed by atoms with Crippen LogP contribution in [-0.2, 0) is 11.0 Å². The Kier molecular flexibility index (Phi) is 5.23. The molecule has 10 heteroatoms. The summed E-state index contributed by atoms with van der Waals surface area (Å²) < 4.78 is 39.6. The van der Waals surface area contributed by atoms with E-state index in [0.29, 0.717) is 30.5 Å². The van der Waals surface area contributed by atoms with Gasteiger partial charge < -0.3 is 10.6 Å². The van der Waals surface area contributed by atoms with Crippen LogP contribution in [0.3, 0.4) is 0 Å². The van der Waals surface area contributed by atoms with E-state index in [1.54, 1.807) is 0 Å². The van der Waals surface area contributed by atoms with Crippen LogP contribution in [0, 0.1) is 0 Å². The number of anilines is 1. The van der Waals surface area contributed by atoms with Gasteiger partial charge in [-0.15, -0.1) is 0 Å². The number of thioether (sulfide) groups is 1. The highest BCUT2D eigenvalue weighted by atomic mass is 35.5. The quantitative estimate of drug-likeness (QED) is 0.735. The van der Waals surface area contributed by atoms with Gasteiger partial charge >= 0.3 is 6.18 Å². The maximum atomic E-state index is 13.2. The molecular formula is C16H15ClF3N3O2S. The van der Waals surface area contributed by atoms with Crippen molar-refractivity contribution in [3.8, 4) is 0 Å². The van der Waals surface area contributed by atoms with Crippen molar-refractivity contribution in [1.82, 2.24) is 5.32 Å². The molecule has 5 nitrogen and oxygen atoms in total. The number of carbonyl (C=O) groups is 2. The van der Waals surface area contributed by atoms with Crippen LogP contribution in [0.5, 0.6) is 0 Å². The molecule has 3 N–H and O–H groups in total. The first-order chi connectivity index (χ1) is 12.1. The summed E-state index contributed by atoms with van der Waals surface area (Å²) in [6, 6.07) is 1.69. The summed E-state index contributed by atoms with van der Waals surface area (Å²) in [5, 5.41) is 1.44. The van der Waals surface area contributed by atoms with Crippen LogP contribution >= 0.6 is 23.4 Å². The number of piperidine rings is 1. The van der Waals surface area contributed by atoms with Gasteiger partial charge in [0.15, 0.2) is 0 Å². The highest BCUT2D eigenvalue weighted by Crippen LogP contribution is 2.40. The lowest BCUT2D eigenvalue weighted by Crippen LogP contribution is -2.43. The first-order valence-electron chi connectivity index (χ1n) is 7.81. The van der Waals surface area contributed by atoms with Gasteiger partial charge in [-0.25, -0.2) is 0 Å². The Morgan fingerprint density at radius 1 is 1.35 bits per heavy atom. The second-order valence-electron chi connectivity index (χ2n) is 6.09. The van der Waals surface area contributed by atoms with Crippen LogP contribution in [0.25, 0.3) is 6.08 Å². The molecular weight excluding hydrogens is 391 g/mol. The van der Waals surface area contributed by atoms with Crippen molar-refractivity contribution in [2.45, 2.75) is 25.1 Å². The number of hydrogen-bond acceptors (Lipinski definition) is 5. The molecule has 2 amide bonds. The molecule has 0 aromatic heterocycles. The second-order valence-corrected chi connectivity index (χ2v) is 7.52. The standard InChI is InChI=1S/C16H15ClF3N3O2S/c17-11-6-9(16(18,19)20)4-8(5-12-14(24)22-15(25)26-12)13(11)23-3-1-2-10(21)7-23/h4-6,10H,1-3,7,21H2,(H,22,24,25)/b12-5-. The number of rotatable bonds is 2. The fraction of sp³-hybridized carbons (Fsp3) is 0.375. The Labute approximate surface area is 156 Å². The molecule has 0 bridgehead atoms. The van der Waals surface area contributed by atoms with Gasteiger partial charge in [0.1, 0.15) is 0 Å². The number of halogens is 4. The molecule has 26 heavy (non-hydrogen) atoms. The van der Waals surface area contributed by atoms with Crippen LogP contribution < -0.4 is 16.0 Å². The number of amides is 2. The molecule has 3 rings (SSSR count). The summed E-state index contributed by atoms with van der Waals surface area (Å²) >= 11 is 6.82. The average Bonchev–Trinajstić information content (AvgIpc) is 2.83. The first-order valence-corrected chi connectivity index (χ1v) is 9.00. The zero-order valence-electron chi connectivity index (χ0n) is 13.4. The van der Waals surface area contributed by atoms with Gasteiger partial charge in [0, 0.05) is 24.7 Å². The number of benzene rings is 1. The normalized spacial score (nSPS) is 22.9. The second kappa shape index (κ2) is 7.13. The molecule has 2 fully saturated rings. The van der Waals surface area contributed by atoms with Crippen molar-refractivity contribution < 1.29 is 22.8 Å². The van der Waals surface area contributed by atoms with Crippen molar-refractivity contribution in [1.29, 1.82) is 0 Å². The lowest BCUT2D eigenvalue weighted by molar-refractivity contribution is -0.137. The van der Waals surface area contributed by atoms with E-state index >= 15 is 0 Å². The molecule has 1 aromatic carbocycles. The predicted octanol–water partition coefficient (Wildman–Crippen LogP) is 3.61. The highest BCUT2D eigenvalue weighted by Gasteiger charge is 2.34. The van der Waals surface area contributed by atoms with Crippen LogP contribution in [0.2, 0.25) is 5.02 Å². The first kappa shape index (κ1) is 19.1. The Hall–Kier alpha value is -1.71. The molecule has 0 aliphatic carbocycles. The lowest BCUT2D eigenvalue weighted by atomic mass is 10.0. The molecule has 0 spiro atoms. The Morgan fingerprint density at radius 2 is 2.08 bits per heavy atom. The SMILES string of the molecule is NC1CCCN(c2c(Cl)cc(C(F)(F)F)cc2/C=C2\SC(=O)NC2=O)C1. The number of hydrogen-bond donors (Lipinski definition) is 2. The topological polar surface area (TPSA) is 75.4 Å². The minimum Gasteiger partial charge on any atom is -0.368 e. The summed E-state index contributed by atoms with van der Waals surface area (Å²) in [7, 11) is 0. The maximum absolute atomic E-state index is 13.2. The zero-order chi connectivity index (χ0) is 19.1. The van der Waals surface area contributed by atoms with Crippen LogP contribution in [0.1, 0.15) is 24.0 Å². The smallest absolute Gasteiger partial charge is 0.368 e. The third-order valence-corrected chi connectivity index (χ3v) is 5.22. The fourth-order valence-corrected chi connectivity index (χ4v) is 4.02. The third kappa shape index (κ3) is 3.99. The summed E-state index contributed by atoms with van der Waals surface area (Å²) in [6.07, 6.45) is -1.73. The Bertz CT molecular complexity index is 798. The number of carbonyl (C=O) groups excluding carboxylic acids is 2. The van der Waals surface area contributed by atoms with E-state index in [9.17, 15) is 22.8 Å². The predicted molar refractivity (Wildman–Crippen MR) is 95.0 cm³/mol. The fourth-order valence-electron chi connectivity index (χ4n) is 3.00. The van der Waals surface area contributed by atoms with Crippen LogP contribution in [-0.4, -0.2) is 30.3 Å². The van der Waals surface area contributed by atoms with Crippen molar-refractivity contribution in [3.05, 3.63) is 33.2 Å². The van der Waals surface area contributed by atoms with Gasteiger partial charge in [-0.1, -0.05) is 11.6 Å². The number of nitrogens with two attached hydrogens (primary N) is 1. The van der Waals surface area contributed by atoms with E-state index in [1.165, 1.54) is 6.08 Å². The zero-order valence-corrected chi connectivity index (χ0v) is 15.0. The molecule has 2 aliphatic rings. The molecule has 140 valence electrons. The van der Waals surface area contributed by atoms with Gasteiger partial charge in [-0.05, 0) is 42.8 Å².